The zero-order chi connectivity index (χ0) is 17.2. The molecule has 1 aliphatic rings. The Hall–Kier alpha value is -2.66. The Balaban J connectivity index is 1.78. The summed E-state index contributed by atoms with van der Waals surface area (Å²) in [4.78, 5) is 19.8. The van der Waals surface area contributed by atoms with E-state index >= 15 is 0 Å². The first-order chi connectivity index (χ1) is 12.3. The Kier molecular flexibility index (Phi) is 4.24. The minimum Gasteiger partial charge on any atom is -0.463 e. The molecule has 1 N–H and O–H groups in total. The molecule has 25 heavy (non-hydrogen) atoms. The predicted molar refractivity (Wildman–Crippen MR) is 97.4 cm³/mol. The highest BCUT2D eigenvalue weighted by atomic mass is 16.3. The van der Waals surface area contributed by atoms with Crippen LogP contribution in [0, 0.1) is 0 Å². The molecular formula is C20H21N3O2. The zero-order valence-electron chi connectivity index (χ0n) is 14.2. The number of aromatic nitrogens is 1. The van der Waals surface area contributed by atoms with Gasteiger partial charge in [-0.25, -0.2) is 4.98 Å². The van der Waals surface area contributed by atoms with Crippen molar-refractivity contribution in [2.75, 3.05) is 20.1 Å². The third-order valence-corrected chi connectivity index (χ3v) is 4.84. The Bertz CT molecular complexity index is 889. The number of likely N-dealkylation sites (tertiary alicyclic amines) is 1. The highest BCUT2D eigenvalue weighted by Gasteiger charge is 2.25. The summed E-state index contributed by atoms with van der Waals surface area (Å²) in [5, 5.41) is 4.17. The second-order valence-corrected chi connectivity index (χ2v) is 6.43. The fraction of sp³-hybridized carbons (Fsp3) is 0.300. The predicted octanol–water partition coefficient (Wildman–Crippen LogP) is 3.32. The molecule has 1 aromatic carbocycles. The third-order valence-electron chi connectivity index (χ3n) is 4.84. The van der Waals surface area contributed by atoms with Crippen LogP contribution < -0.4 is 5.32 Å². The summed E-state index contributed by atoms with van der Waals surface area (Å²) in [6, 6.07) is 13.7. The number of hydrogen-bond acceptors (Lipinski definition) is 4. The van der Waals surface area contributed by atoms with Gasteiger partial charge < -0.3 is 14.6 Å². The van der Waals surface area contributed by atoms with Crippen molar-refractivity contribution in [3.05, 3.63) is 54.3 Å². The number of para-hydroxylation sites is 1. The normalized spacial score (nSPS) is 17.8. The molecule has 5 heteroatoms. The fourth-order valence-electron chi connectivity index (χ4n) is 3.47. The number of fused-ring (bicyclic) bond motifs is 1. The van der Waals surface area contributed by atoms with Crippen LogP contribution in [0.5, 0.6) is 0 Å². The first-order valence-electron chi connectivity index (χ1n) is 8.66. The van der Waals surface area contributed by atoms with Crippen molar-refractivity contribution in [3.63, 3.8) is 0 Å². The van der Waals surface area contributed by atoms with Crippen LogP contribution in [0.25, 0.3) is 22.4 Å². The van der Waals surface area contributed by atoms with Gasteiger partial charge in [0.1, 0.15) is 5.69 Å². The van der Waals surface area contributed by atoms with Gasteiger partial charge in [-0.3, -0.25) is 4.79 Å². The van der Waals surface area contributed by atoms with Gasteiger partial charge in [0.15, 0.2) is 5.76 Å². The first-order valence-corrected chi connectivity index (χ1v) is 8.66. The van der Waals surface area contributed by atoms with E-state index in [-0.39, 0.29) is 5.91 Å². The smallest absolute Gasteiger partial charge is 0.254 e. The molecular weight excluding hydrogens is 314 g/mol. The zero-order valence-corrected chi connectivity index (χ0v) is 14.2. The number of carbonyl (C=O) groups excluding carboxylic acids is 1. The number of amides is 1. The van der Waals surface area contributed by atoms with Crippen LogP contribution in [0.3, 0.4) is 0 Å². The van der Waals surface area contributed by atoms with Gasteiger partial charge in [0.05, 0.1) is 17.3 Å². The van der Waals surface area contributed by atoms with Gasteiger partial charge in [-0.2, -0.15) is 0 Å². The molecule has 0 aliphatic carbocycles. The van der Waals surface area contributed by atoms with Crippen molar-refractivity contribution < 1.29 is 9.21 Å². The molecule has 0 bridgehead atoms. The molecule has 2 aromatic heterocycles. The topological polar surface area (TPSA) is 58.4 Å². The van der Waals surface area contributed by atoms with E-state index in [9.17, 15) is 4.79 Å². The molecule has 1 fully saturated rings. The maximum atomic E-state index is 13.2. The Morgan fingerprint density at radius 3 is 2.96 bits per heavy atom. The van der Waals surface area contributed by atoms with E-state index in [2.05, 4.69) is 10.3 Å². The van der Waals surface area contributed by atoms with Gasteiger partial charge in [-0.1, -0.05) is 18.2 Å². The van der Waals surface area contributed by atoms with Crippen molar-refractivity contribution in [2.45, 2.75) is 18.9 Å². The number of furan rings is 1. The SMILES string of the molecule is CNC1CCCN(C(=O)c2cc(-c3ccco3)nc3ccccc23)C1. The van der Waals surface area contributed by atoms with E-state index in [1.54, 1.807) is 6.26 Å². The summed E-state index contributed by atoms with van der Waals surface area (Å²) in [5.41, 5.74) is 2.19. The molecule has 1 saturated heterocycles. The second kappa shape index (κ2) is 6.69. The summed E-state index contributed by atoms with van der Waals surface area (Å²) in [7, 11) is 1.95. The molecule has 1 unspecified atom stereocenters. The summed E-state index contributed by atoms with van der Waals surface area (Å²) >= 11 is 0. The fourth-order valence-corrected chi connectivity index (χ4v) is 3.47. The van der Waals surface area contributed by atoms with Crippen molar-refractivity contribution in [1.82, 2.24) is 15.2 Å². The molecule has 1 atom stereocenters. The maximum absolute atomic E-state index is 13.2. The monoisotopic (exact) mass is 335 g/mol. The van der Waals surface area contributed by atoms with Gasteiger partial charge in [0.25, 0.3) is 5.91 Å². The second-order valence-electron chi connectivity index (χ2n) is 6.43. The molecule has 0 spiro atoms. The van der Waals surface area contributed by atoms with E-state index in [1.807, 2.05) is 54.4 Å². The lowest BCUT2D eigenvalue weighted by Crippen LogP contribution is -2.47. The summed E-state index contributed by atoms with van der Waals surface area (Å²) in [6.07, 6.45) is 3.75. The van der Waals surface area contributed by atoms with Crippen LogP contribution in [-0.2, 0) is 0 Å². The maximum Gasteiger partial charge on any atom is 0.254 e. The van der Waals surface area contributed by atoms with Crippen LogP contribution in [-0.4, -0.2) is 42.0 Å². The van der Waals surface area contributed by atoms with Crippen LogP contribution in [0.15, 0.2) is 53.1 Å². The molecule has 3 heterocycles. The Labute approximate surface area is 146 Å². The van der Waals surface area contributed by atoms with Crippen LogP contribution in [0.2, 0.25) is 0 Å². The number of hydrogen-bond donors (Lipinski definition) is 1. The molecule has 5 nitrogen and oxygen atoms in total. The van der Waals surface area contributed by atoms with E-state index in [0.29, 0.717) is 23.1 Å². The summed E-state index contributed by atoms with van der Waals surface area (Å²) < 4.78 is 5.49. The van der Waals surface area contributed by atoms with Crippen LogP contribution in [0.1, 0.15) is 23.2 Å². The van der Waals surface area contributed by atoms with Gasteiger partial charge in [-0.05, 0) is 44.2 Å². The first kappa shape index (κ1) is 15.8. The number of carbonyl (C=O) groups is 1. The molecule has 0 saturated carbocycles. The average molecular weight is 335 g/mol. The largest absolute Gasteiger partial charge is 0.463 e. The molecule has 1 amide bonds. The number of likely N-dealkylation sites (N-methyl/N-ethyl adjacent to an activating group) is 1. The van der Waals surface area contributed by atoms with Crippen molar-refractivity contribution in [2.24, 2.45) is 0 Å². The van der Waals surface area contributed by atoms with Gasteiger partial charge in [0, 0.05) is 24.5 Å². The average Bonchev–Trinajstić information content (AvgIpc) is 3.21. The Morgan fingerprint density at radius 2 is 2.16 bits per heavy atom. The molecule has 128 valence electrons. The number of nitrogens with zero attached hydrogens (tertiary/aromatic N) is 2. The summed E-state index contributed by atoms with van der Waals surface area (Å²) in [5.74, 6) is 0.734. The van der Waals surface area contributed by atoms with E-state index < -0.39 is 0 Å². The molecule has 1 aliphatic heterocycles. The van der Waals surface area contributed by atoms with Gasteiger partial charge in [0.2, 0.25) is 0 Å². The highest BCUT2D eigenvalue weighted by molar-refractivity contribution is 6.07. The molecule has 3 aromatic rings. The number of benzene rings is 1. The highest BCUT2D eigenvalue weighted by Crippen LogP contribution is 2.27. The van der Waals surface area contributed by atoms with Crippen LogP contribution >= 0.6 is 0 Å². The number of piperidine rings is 1. The van der Waals surface area contributed by atoms with Crippen molar-refractivity contribution in [3.8, 4) is 11.5 Å². The van der Waals surface area contributed by atoms with Crippen molar-refractivity contribution >= 4 is 16.8 Å². The lowest BCUT2D eigenvalue weighted by molar-refractivity contribution is 0.0700. The van der Waals surface area contributed by atoms with E-state index in [4.69, 9.17) is 4.42 Å². The minimum atomic E-state index is 0.0614. The lowest BCUT2D eigenvalue weighted by atomic mass is 10.0. The van der Waals surface area contributed by atoms with Crippen molar-refractivity contribution in [1.29, 1.82) is 0 Å². The standard InChI is InChI=1S/C20H21N3O2/c1-21-14-6-4-10-23(13-14)20(24)16-12-18(19-9-5-11-25-19)22-17-8-3-2-7-15(16)17/h2-3,5,7-9,11-12,14,21H,4,6,10,13H2,1H3. The van der Waals surface area contributed by atoms with Gasteiger partial charge >= 0.3 is 0 Å². The Morgan fingerprint density at radius 1 is 1.28 bits per heavy atom. The van der Waals surface area contributed by atoms with E-state index in [0.717, 1.165) is 36.8 Å². The number of rotatable bonds is 3. The van der Waals surface area contributed by atoms with E-state index in [1.165, 1.54) is 0 Å². The molecule has 4 rings (SSSR count). The van der Waals surface area contributed by atoms with Crippen LogP contribution in [0.4, 0.5) is 0 Å². The molecule has 0 radical (unpaired) electrons. The lowest BCUT2D eigenvalue weighted by Gasteiger charge is -2.33. The third kappa shape index (κ3) is 3.03. The number of nitrogens with one attached hydrogen (secondary N) is 1. The number of pyridine rings is 1. The minimum absolute atomic E-state index is 0.0614. The summed E-state index contributed by atoms with van der Waals surface area (Å²) in [6.45, 7) is 1.53. The van der Waals surface area contributed by atoms with Gasteiger partial charge in [-0.15, -0.1) is 0 Å². The quantitative estimate of drug-likeness (QED) is 0.798.